The van der Waals surface area contributed by atoms with Gasteiger partial charge in [-0.3, -0.25) is 14.5 Å². The molecule has 1 aromatic heterocycles. The molecule has 0 aliphatic carbocycles. The Morgan fingerprint density at radius 3 is 2.38 bits per heavy atom. The fourth-order valence-corrected chi connectivity index (χ4v) is 4.49. The number of aromatic nitrogens is 1. The number of nitrogens with one attached hydrogen (secondary N) is 1. The summed E-state index contributed by atoms with van der Waals surface area (Å²) in [5, 5.41) is 6.04. The van der Waals surface area contributed by atoms with Gasteiger partial charge in [0.1, 0.15) is 0 Å². The molecule has 29 heavy (non-hydrogen) atoms. The second-order valence-corrected chi connectivity index (χ2v) is 8.42. The van der Waals surface area contributed by atoms with Gasteiger partial charge in [-0.15, -0.1) is 11.3 Å². The highest BCUT2D eigenvalue weighted by Crippen LogP contribution is 2.18. The van der Waals surface area contributed by atoms with Crippen molar-refractivity contribution in [1.29, 1.82) is 0 Å². The molecule has 2 saturated heterocycles. The minimum Gasteiger partial charge on any atom is -0.351 e. The zero-order valence-corrected chi connectivity index (χ0v) is 17.4. The third-order valence-corrected chi connectivity index (χ3v) is 6.35. The van der Waals surface area contributed by atoms with Crippen molar-refractivity contribution in [2.24, 2.45) is 0 Å². The fraction of sp³-hybridized carbons (Fsp3) is 0.476. The van der Waals surface area contributed by atoms with Crippen molar-refractivity contribution in [3.8, 4) is 0 Å². The van der Waals surface area contributed by atoms with Crippen molar-refractivity contribution in [2.75, 3.05) is 50.7 Å². The lowest BCUT2D eigenvalue weighted by atomic mass is 10.1. The standard InChI is InChI=1S/C21H27N5O2S/c27-19(16-24-10-12-26(13-11-24)21-22-7-14-29-21)23-15-17-3-5-18(6-4-17)20(28)25-8-1-2-9-25/h3-7,14H,1-2,8-13,15-16H2,(H,23,27). The van der Waals surface area contributed by atoms with Crippen LogP contribution in [0.3, 0.4) is 0 Å². The van der Waals surface area contributed by atoms with Crippen molar-refractivity contribution in [2.45, 2.75) is 19.4 Å². The van der Waals surface area contributed by atoms with Crippen LogP contribution in [0, 0.1) is 0 Å². The van der Waals surface area contributed by atoms with E-state index in [-0.39, 0.29) is 11.8 Å². The van der Waals surface area contributed by atoms with Gasteiger partial charge < -0.3 is 15.1 Å². The second-order valence-electron chi connectivity index (χ2n) is 7.55. The van der Waals surface area contributed by atoms with Gasteiger partial charge in [0, 0.05) is 63.0 Å². The summed E-state index contributed by atoms with van der Waals surface area (Å²) in [4.78, 5) is 35.4. The zero-order valence-electron chi connectivity index (χ0n) is 16.5. The van der Waals surface area contributed by atoms with Gasteiger partial charge >= 0.3 is 0 Å². The predicted molar refractivity (Wildman–Crippen MR) is 114 cm³/mol. The Kier molecular flexibility index (Phi) is 6.41. The van der Waals surface area contributed by atoms with E-state index in [9.17, 15) is 9.59 Å². The molecule has 1 aromatic carbocycles. The Hall–Kier alpha value is -2.45. The number of piperazine rings is 1. The second kappa shape index (κ2) is 9.37. The highest BCUT2D eigenvalue weighted by molar-refractivity contribution is 7.13. The highest BCUT2D eigenvalue weighted by atomic mass is 32.1. The number of likely N-dealkylation sites (tertiary alicyclic amines) is 1. The van der Waals surface area contributed by atoms with Crippen LogP contribution in [0.25, 0.3) is 0 Å². The van der Waals surface area contributed by atoms with Gasteiger partial charge in [-0.2, -0.15) is 0 Å². The van der Waals surface area contributed by atoms with E-state index in [0.717, 1.165) is 68.4 Å². The maximum absolute atomic E-state index is 12.4. The maximum Gasteiger partial charge on any atom is 0.253 e. The number of benzene rings is 1. The molecule has 0 saturated carbocycles. The number of hydrogen-bond donors (Lipinski definition) is 1. The number of thiazole rings is 1. The first-order valence-corrected chi connectivity index (χ1v) is 11.1. The number of rotatable bonds is 6. The smallest absolute Gasteiger partial charge is 0.253 e. The van der Waals surface area contributed by atoms with Gasteiger partial charge in [0.2, 0.25) is 5.91 Å². The lowest BCUT2D eigenvalue weighted by molar-refractivity contribution is -0.122. The first kappa shape index (κ1) is 19.8. The predicted octanol–water partition coefficient (Wildman–Crippen LogP) is 1.82. The molecule has 2 aliphatic rings. The molecule has 0 unspecified atom stereocenters. The van der Waals surface area contributed by atoms with Crippen LogP contribution >= 0.6 is 11.3 Å². The molecule has 1 N–H and O–H groups in total. The third kappa shape index (κ3) is 5.13. The molecule has 8 heteroatoms. The van der Waals surface area contributed by atoms with Crippen LogP contribution in [0.2, 0.25) is 0 Å². The summed E-state index contributed by atoms with van der Waals surface area (Å²) in [6.45, 7) is 6.12. The first-order chi connectivity index (χ1) is 14.2. The summed E-state index contributed by atoms with van der Waals surface area (Å²) in [7, 11) is 0. The minimum atomic E-state index is 0.0323. The average molecular weight is 414 g/mol. The molecule has 0 spiro atoms. The molecule has 3 heterocycles. The van der Waals surface area contributed by atoms with E-state index in [1.807, 2.05) is 40.7 Å². The van der Waals surface area contributed by atoms with Crippen molar-refractivity contribution >= 4 is 28.3 Å². The molecule has 0 atom stereocenters. The summed E-state index contributed by atoms with van der Waals surface area (Å²) in [5.41, 5.74) is 1.73. The van der Waals surface area contributed by atoms with Crippen LogP contribution in [-0.2, 0) is 11.3 Å². The van der Waals surface area contributed by atoms with Crippen molar-refractivity contribution < 1.29 is 9.59 Å². The van der Waals surface area contributed by atoms with Gasteiger partial charge in [-0.1, -0.05) is 12.1 Å². The molecule has 0 bridgehead atoms. The number of carbonyl (C=O) groups excluding carboxylic acids is 2. The van der Waals surface area contributed by atoms with Gasteiger partial charge in [-0.25, -0.2) is 4.98 Å². The lowest BCUT2D eigenvalue weighted by Crippen LogP contribution is -2.49. The van der Waals surface area contributed by atoms with E-state index in [4.69, 9.17) is 0 Å². The fourth-order valence-electron chi connectivity index (χ4n) is 3.80. The Morgan fingerprint density at radius 1 is 1.00 bits per heavy atom. The molecule has 7 nitrogen and oxygen atoms in total. The summed E-state index contributed by atoms with van der Waals surface area (Å²) in [6, 6.07) is 7.58. The molecular formula is C21H27N5O2S. The number of anilines is 1. The summed E-state index contributed by atoms with van der Waals surface area (Å²) in [5.74, 6) is 0.139. The number of hydrogen-bond acceptors (Lipinski definition) is 6. The summed E-state index contributed by atoms with van der Waals surface area (Å²) >= 11 is 1.65. The molecular weight excluding hydrogens is 386 g/mol. The molecule has 0 radical (unpaired) electrons. The monoisotopic (exact) mass is 413 g/mol. The lowest BCUT2D eigenvalue weighted by Gasteiger charge is -2.34. The normalized spacial score (nSPS) is 17.5. The topological polar surface area (TPSA) is 68.8 Å². The molecule has 2 fully saturated rings. The van der Waals surface area contributed by atoms with Crippen LogP contribution in [0.5, 0.6) is 0 Å². The number of amides is 2. The van der Waals surface area contributed by atoms with Crippen LogP contribution in [0.1, 0.15) is 28.8 Å². The third-order valence-electron chi connectivity index (χ3n) is 5.51. The van der Waals surface area contributed by atoms with E-state index < -0.39 is 0 Å². The maximum atomic E-state index is 12.4. The van der Waals surface area contributed by atoms with Gasteiger partial charge in [0.25, 0.3) is 5.91 Å². The molecule has 2 aliphatic heterocycles. The Labute approximate surface area is 175 Å². The van der Waals surface area contributed by atoms with Crippen LogP contribution in [0.15, 0.2) is 35.8 Å². The average Bonchev–Trinajstić information content (AvgIpc) is 3.47. The number of carbonyl (C=O) groups is 2. The van der Waals surface area contributed by atoms with Crippen molar-refractivity contribution in [3.63, 3.8) is 0 Å². The quantitative estimate of drug-likeness (QED) is 0.782. The van der Waals surface area contributed by atoms with Gasteiger partial charge in [0.15, 0.2) is 5.13 Å². The van der Waals surface area contributed by atoms with Crippen LogP contribution < -0.4 is 10.2 Å². The van der Waals surface area contributed by atoms with E-state index in [2.05, 4.69) is 20.1 Å². The number of nitrogens with zero attached hydrogens (tertiary/aromatic N) is 4. The Balaban J connectivity index is 1.19. The Morgan fingerprint density at radius 2 is 1.72 bits per heavy atom. The van der Waals surface area contributed by atoms with Crippen LogP contribution in [0.4, 0.5) is 5.13 Å². The molecule has 4 rings (SSSR count). The largest absolute Gasteiger partial charge is 0.351 e. The molecule has 2 aromatic rings. The molecule has 2 amide bonds. The summed E-state index contributed by atoms with van der Waals surface area (Å²) < 4.78 is 0. The van der Waals surface area contributed by atoms with E-state index in [1.54, 1.807) is 11.3 Å². The zero-order chi connectivity index (χ0) is 20.1. The minimum absolute atomic E-state index is 0.0323. The van der Waals surface area contributed by atoms with E-state index in [0.29, 0.717) is 13.1 Å². The van der Waals surface area contributed by atoms with E-state index in [1.165, 1.54) is 0 Å². The van der Waals surface area contributed by atoms with Crippen molar-refractivity contribution in [1.82, 2.24) is 20.1 Å². The van der Waals surface area contributed by atoms with Crippen LogP contribution in [-0.4, -0.2) is 72.4 Å². The summed E-state index contributed by atoms with van der Waals surface area (Å²) in [6.07, 6.45) is 4.01. The van der Waals surface area contributed by atoms with Crippen molar-refractivity contribution in [3.05, 3.63) is 47.0 Å². The highest BCUT2D eigenvalue weighted by Gasteiger charge is 2.21. The van der Waals surface area contributed by atoms with Gasteiger partial charge in [0.05, 0.1) is 6.54 Å². The van der Waals surface area contributed by atoms with E-state index >= 15 is 0 Å². The Bertz CT molecular complexity index is 810. The molecule has 154 valence electrons. The first-order valence-electron chi connectivity index (χ1n) is 10.2. The van der Waals surface area contributed by atoms with Gasteiger partial charge in [-0.05, 0) is 30.5 Å². The SMILES string of the molecule is O=C(CN1CCN(c2nccs2)CC1)NCc1ccc(C(=O)N2CCCC2)cc1.